The second-order valence-corrected chi connectivity index (χ2v) is 7.20. The van der Waals surface area contributed by atoms with Gasteiger partial charge in [-0.3, -0.25) is 14.5 Å². The van der Waals surface area contributed by atoms with Crippen molar-refractivity contribution in [3.63, 3.8) is 0 Å². The highest BCUT2D eigenvalue weighted by Crippen LogP contribution is 2.15. The maximum atomic E-state index is 12.4. The Kier molecular flexibility index (Phi) is 5.78. The maximum absolute atomic E-state index is 12.4. The molecule has 3 N–H and O–H groups in total. The summed E-state index contributed by atoms with van der Waals surface area (Å²) in [6.45, 7) is 0.605. The van der Waals surface area contributed by atoms with E-state index in [0.717, 1.165) is 34.6 Å². The molecular formula is C21H23N5O4. The number of nitrogens with one attached hydrogen (secondary N) is 3. The fourth-order valence-corrected chi connectivity index (χ4v) is 3.45. The van der Waals surface area contributed by atoms with Crippen LogP contribution in [0, 0.1) is 0 Å². The molecule has 4 amide bonds. The third-order valence-corrected chi connectivity index (χ3v) is 5.01. The minimum Gasteiger partial charge on any atom is -0.467 e. The Morgan fingerprint density at radius 2 is 2.07 bits per heavy atom. The Morgan fingerprint density at radius 3 is 2.87 bits per heavy atom. The van der Waals surface area contributed by atoms with Gasteiger partial charge in [0.05, 0.1) is 23.8 Å². The fraction of sp³-hybridized carbons (Fsp3) is 0.333. The maximum Gasteiger partial charge on any atom is 0.325 e. The third-order valence-electron chi connectivity index (χ3n) is 5.01. The number of carbonyl (C=O) groups excluding carboxylic acids is 3. The van der Waals surface area contributed by atoms with Crippen molar-refractivity contribution in [2.45, 2.75) is 38.3 Å². The Balaban J connectivity index is 1.16. The molecule has 0 saturated carbocycles. The number of hydrogen-bond donors (Lipinski definition) is 3. The lowest BCUT2D eigenvalue weighted by Gasteiger charge is -2.11. The van der Waals surface area contributed by atoms with E-state index in [1.54, 1.807) is 12.1 Å². The average Bonchev–Trinajstić information content (AvgIpc) is 3.46. The molecule has 0 bridgehead atoms. The summed E-state index contributed by atoms with van der Waals surface area (Å²) in [5.41, 5.74) is 1.93. The van der Waals surface area contributed by atoms with Gasteiger partial charge in [0, 0.05) is 19.4 Å². The first kappa shape index (κ1) is 19.7. The van der Waals surface area contributed by atoms with Crippen LogP contribution in [0.5, 0.6) is 0 Å². The number of imide groups is 1. The summed E-state index contributed by atoms with van der Waals surface area (Å²) in [6, 6.07) is 10.1. The Bertz CT molecular complexity index is 1010. The number of aromatic amines is 1. The van der Waals surface area contributed by atoms with Crippen LogP contribution in [0.1, 0.15) is 30.8 Å². The molecule has 156 valence electrons. The van der Waals surface area contributed by atoms with Crippen LogP contribution in [0.25, 0.3) is 11.0 Å². The quantitative estimate of drug-likeness (QED) is 0.369. The van der Waals surface area contributed by atoms with Crippen molar-refractivity contribution in [2.24, 2.45) is 0 Å². The summed E-state index contributed by atoms with van der Waals surface area (Å²) in [7, 11) is 0. The molecule has 1 aliphatic heterocycles. The Morgan fingerprint density at radius 1 is 1.20 bits per heavy atom. The molecule has 2 aromatic heterocycles. The number of fused-ring (bicyclic) bond motifs is 1. The second-order valence-electron chi connectivity index (χ2n) is 7.20. The van der Waals surface area contributed by atoms with Gasteiger partial charge >= 0.3 is 6.03 Å². The highest BCUT2D eigenvalue weighted by atomic mass is 16.3. The molecule has 1 aromatic carbocycles. The normalized spacial score (nSPS) is 16.3. The van der Waals surface area contributed by atoms with E-state index in [2.05, 4.69) is 20.6 Å². The number of rotatable bonds is 9. The average molecular weight is 409 g/mol. The lowest BCUT2D eigenvalue weighted by atomic mass is 10.1. The monoisotopic (exact) mass is 409 g/mol. The predicted octanol–water partition coefficient (Wildman–Crippen LogP) is 2.11. The standard InChI is InChI=1S/C21H23N5O4/c27-19(22-11-3-8-18-23-15-6-1-2-7-16(15)24-18)10-9-17-20(28)26(21(29)25-17)13-14-5-4-12-30-14/h1-2,4-7,12,17H,3,8-11,13H2,(H,22,27)(H,23,24)(H,25,29)/t17-/m0/s1. The van der Waals surface area contributed by atoms with Crippen molar-refractivity contribution in [1.29, 1.82) is 0 Å². The number of furan rings is 1. The van der Waals surface area contributed by atoms with Crippen LogP contribution in [0.3, 0.4) is 0 Å². The van der Waals surface area contributed by atoms with E-state index in [0.29, 0.717) is 12.3 Å². The van der Waals surface area contributed by atoms with E-state index in [1.165, 1.54) is 6.26 Å². The topological polar surface area (TPSA) is 120 Å². The molecule has 3 heterocycles. The number of benzene rings is 1. The van der Waals surface area contributed by atoms with Gasteiger partial charge in [0.25, 0.3) is 5.91 Å². The first-order chi connectivity index (χ1) is 14.6. The van der Waals surface area contributed by atoms with Crippen molar-refractivity contribution < 1.29 is 18.8 Å². The molecule has 1 fully saturated rings. The highest BCUT2D eigenvalue weighted by Gasteiger charge is 2.38. The van der Waals surface area contributed by atoms with Gasteiger partial charge in [-0.2, -0.15) is 0 Å². The molecule has 0 radical (unpaired) electrons. The predicted molar refractivity (Wildman–Crippen MR) is 108 cm³/mol. The molecule has 3 aromatic rings. The molecule has 9 heteroatoms. The van der Waals surface area contributed by atoms with Crippen LogP contribution in [0.15, 0.2) is 47.1 Å². The van der Waals surface area contributed by atoms with Crippen LogP contribution >= 0.6 is 0 Å². The summed E-state index contributed by atoms with van der Waals surface area (Å²) in [6.07, 6.45) is 3.39. The van der Waals surface area contributed by atoms with Crippen molar-refractivity contribution >= 4 is 28.9 Å². The van der Waals surface area contributed by atoms with Gasteiger partial charge in [0.15, 0.2) is 0 Å². The van der Waals surface area contributed by atoms with Crippen molar-refractivity contribution in [3.8, 4) is 0 Å². The van der Waals surface area contributed by atoms with Crippen molar-refractivity contribution in [1.82, 2.24) is 25.5 Å². The first-order valence-corrected chi connectivity index (χ1v) is 9.95. The molecule has 1 atom stereocenters. The number of para-hydroxylation sites is 2. The van der Waals surface area contributed by atoms with Gasteiger partial charge in [0.1, 0.15) is 17.6 Å². The highest BCUT2D eigenvalue weighted by molar-refractivity contribution is 6.04. The number of hydrogen-bond acceptors (Lipinski definition) is 5. The number of H-pyrrole nitrogens is 1. The second kappa shape index (κ2) is 8.81. The number of aromatic nitrogens is 2. The van der Waals surface area contributed by atoms with E-state index < -0.39 is 12.1 Å². The van der Waals surface area contributed by atoms with Gasteiger partial charge in [-0.05, 0) is 37.1 Å². The van der Waals surface area contributed by atoms with Crippen LogP contribution in [-0.2, 0) is 22.6 Å². The van der Waals surface area contributed by atoms with Crippen molar-refractivity contribution in [3.05, 3.63) is 54.2 Å². The first-order valence-electron chi connectivity index (χ1n) is 9.95. The summed E-state index contributed by atoms with van der Waals surface area (Å²) >= 11 is 0. The number of aryl methyl sites for hydroxylation is 1. The minimum atomic E-state index is -0.686. The van der Waals surface area contributed by atoms with Gasteiger partial charge < -0.3 is 20.0 Å². The summed E-state index contributed by atoms with van der Waals surface area (Å²) < 4.78 is 5.18. The Labute approximate surface area is 172 Å². The number of carbonyl (C=O) groups is 3. The molecule has 1 aliphatic rings. The smallest absolute Gasteiger partial charge is 0.325 e. The number of urea groups is 1. The van der Waals surface area contributed by atoms with Gasteiger partial charge in [-0.15, -0.1) is 0 Å². The Hall–Kier alpha value is -3.62. The van der Waals surface area contributed by atoms with Gasteiger partial charge in [-0.1, -0.05) is 12.1 Å². The van der Waals surface area contributed by atoms with E-state index in [4.69, 9.17) is 4.42 Å². The van der Waals surface area contributed by atoms with E-state index in [-0.39, 0.29) is 31.2 Å². The summed E-state index contributed by atoms with van der Waals surface area (Å²) in [5, 5.41) is 5.48. The number of nitrogens with zero attached hydrogens (tertiary/aromatic N) is 2. The molecule has 0 spiro atoms. The lowest BCUT2D eigenvalue weighted by molar-refractivity contribution is -0.128. The molecule has 30 heavy (non-hydrogen) atoms. The minimum absolute atomic E-state index is 0.0855. The molecular weight excluding hydrogens is 386 g/mol. The van der Waals surface area contributed by atoms with E-state index in [9.17, 15) is 14.4 Å². The molecule has 0 unspecified atom stereocenters. The SMILES string of the molecule is O=C(CC[C@@H]1NC(=O)N(Cc2ccco2)C1=O)NCCCc1nc2ccccc2[nH]1. The van der Waals surface area contributed by atoms with Crippen LogP contribution in [0.2, 0.25) is 0 Å². The van der Waals surface area contributed by atoms with E-state index in [1.807, 2.05) is 24.3 Å². The lowest BCUT2D eigenvalue weighted by Crippen LogP contribution is -2.32. The van der Waals surface area contributed by atoms with Crippen LogP contribution < -0.4 is 10.6 Å². The number of imidazole rings is 1. The summed E-state index contributed by atoms with van der Waals surface area (Å²) in [4.78, 5) is 45.4. The van der Waals surface area contributed by atoms with Crippen LogP contribution in [0.4, 0.5) is 4.79 Å². The zero-order chi connectivity index (χ0) is 20.9. The molecule has 1 saturated heterocycles. The van der Waals surface area contributed by atoms with Gasteiger partial charge in [-0.25, -0.2) is 9.78 Å². The zero-order valence-electron chi connectivity index (χ0n) is 16.4. The zero-order valence-corrected chi connectivity index (χ0v) is 16.4. The summed E-state index contributed by atoms with van der Waals surface area (Å²) in [5.74, 6) is 0.933. The van der Waals surface area contributed by atoms with Crippen molar-refractivity contribution in [2.75, 3.05) is 6.54 Å². The van der Waals surface area contributed by atoms with Crippen LogP contribution in [-0.4, -0.2) is 45.3 Å². The molecule has 0 aliphatic carbocycles. The van der Waals surface area contributed by atoms with E-state index >= 15 is 0 Å². The molecule has 4 rings (SSSR count). The van der Waals surface area contributed by atoms with Gasteiger partial charge in [0.2, 0.25) is 5.91 Å². The fourth-order valence-electron chi connectivity index (χ4n) is 3.45. The number of amides is 4. The largest absolute Gasteiger partial charge is 0.467 e. The third kappa shape index (κ3) is 4.51. The molecule has 9 nitrogen and oxygen atoms in total.